The molecule has 2 rings (SSSR count). The minimum absolute atomic E-state index is 0.834. The fourth-order valence-corrected chi connectivity index (χ4v) is 1.98. The van der Waals surface area contributed by atoms with Gasteiger partial charge in [0, 0.05) is 25.4 Å². The number of likely N-dealkylation sites (N-methyl/N-ethyl adjacent to an activating group) is 1. The third-order valence-electron chi connectivity index (χ3n) is 3.45. The summed E-state index contributed by atoms with van der Waals surface area (Å²) in [6, 6.07) is 6.25. The lowest BCUT2D eigenvalue weighted by molar-refractivity contribution is 0.102. The van der Waals surface area contributed by atoms with Crippen LogP contribution in [0.25, 0.3) is 0 Å². The van der Waals surface area contributed by atoms with Gasteiger partial charge in [-0.2, -0.15) is 0 Å². The predicted octanol–water partition coefficient (Wildman–Crippen LogP) is 2.44. The van der Waals surface area contributed by atoms with Crippen molar-refractivity contribution in [1.29, 1.82) is 0 Å². The molecule has 1 fully saturated rings. The molecule has 1 aliphatic rings. The van der Waals surface area contributed by atoms with E-state index in [1.165, 1.54) is 18.4 Å². The molecule has 100 valence electrons. The van der Waals surface area contributed by atoms with Gasteiger partial charge in [-0.15, -0.1) is 0 Å². The van der Waals surface area contributed by atoms with Crippen molar-refractivity contribution < 1.29 is 4.74 Å². The van der Waals surface area contributed by atoms with Crippen LogP contribution in [0.1, 0.15) is 24.0 Å². The second-order valence-corrected chi connectivity index (χ2v) is 5.45. The Labute approximate surface area is 110 Å². The van der Waals surface area contributed by atoms with Crippen molar-refractivity contribution >= 4 is 5.69 Å². The summed E-state index contributed by atoms with van der Waals surface area (Å²) in [5.41, 5.74) is 9.16. The van der Waals surface area contributed by atoms with Crippen LogP contribution in [-0.2, 0) is 11.3 Å². The highest BCUT2D eigenvalue weighted by Gasteiger charge is 2.20. The van der Waals surface area contributed by atoms with Gasteiger partial charge in [-0.25, -0.2) is 0 Å². The number of nitrogens with zero attached hydrogens (tertiary/aromatic N) is 1. The topological polar surface area (TPSA) is 38.5 Å². The van der Waals surface area contributed by atoms with Gasteiger partial charge < -0.3 is 10.5 Å². The Morgan fingerprint density at radius 3 is 2.83 bits per heavy atom. The highest BCUT2D eigenvalue weighted by Crippen LogP contribution is 2.28. The number of hydrogen-bond donors (Lipinski definition) is 1. The summed E-state index contributed by atoms with van der Waals surface area (Å²) in [4.78, 5) is 2.29. The van der Waals surface area contributed by atoms with Crippen LogP contribution in [-0.4, -0.2) is 31.7 Å². The summed E-state index contributed by atoms with van der Waals surface area (Å²) >= 11 is 0. The van der Waals surface area contributed by atoms with E-state index in [0.717, 1.165) is 43.5 Å². The summed E-state index contributed by atoms with van der Waals surface area (Å²) in [5.74, 6) is 0.857. The van der Waals surface area contributed by atoms with Crippen LogP contribution < -0.4 is 5.73 Å². The maximum absolute atomic E-state index is 5.82. The second kappa shape index (κ2) is 6.21. The van der Waals surface area contributed by atoms with Gasteiger partial charge >= 0.3 is 0 Å². The van der Waals surface area contributed by atoms with E-state index < -0.39 is 0 Å². The largest absolute Gasteiger partial charge is 0.399 e. The number of nitrogen functional groups attached to an aromatic ring is 1. The quantitative estimate of drug-likeness (QED) is 0.595. The van der Waals surface area contributed by atoms with E-state index in [1.807, 2.05) is 6.07 Å². The fraction of sp³-hybridized carbons (Fsp3) is 0.600. The highest BCUT2D eigenvalue weighted by molar-refractivity contribution is 5.47. The molecule has 2 N–H and O–H groups in total. The Morgan fingerprint density at radius 2 is 2.17 bits per heavy atom. The number of ether oxygens (including phenoxy) is 1. The minimum Gasteiger partial charge on any atom is -0.399 e. The molecule has 1 aliphatic carbocycles. The maximum Gasteiger partial charge on any atom is 0.0593 e. The molecule has 0 saturated heterocycles. The summed E-state index contributed by atoms with van der Waals surface area (Å²) in [5, 5.41) is 0. The van der Waals surface area contributed by atoms with Crippen LogP contribution in [0, 0.1) is 12.8 Å². The van der Waals surface area contributed by atoms with E-state index in [4.69, 9.17) is 10.5 Å². The third-order valence-corrected chi connectivity index (χ3v) is 3.45. The zero-order valence-corrected chi connectivity index (χ0v) is 11.5. The molecule has 0 aliphatic heterocycles. The molecule has 0 bridgehead atoms. The maximum atomic E-state index is 5.82. The highest BCUT2D eigenvalue weighted by atomic mass is 16.5. The molecule has 1 aromatic rings. The zero-order valence-electron chi connectivity index (χ0n) is 11.5. The van der Waals surface area contributed by atoms with Crippen LogP contribution in [0.4, 0.5) is 5.69 Å². The normalized spacial score (nSPS) is 15.3. The van der Waals surface area contributed by atoms with Crippen molar-refractivity contribution in [2.45, 2.75) is 26.3 Å². The van der Waals surface area contributed by atoms with Gasteiger partial charge in [0.05, 0.1) is 6.61 Å². The van der Waals surface area contributed by atoms with Gasteiger partial charge in [-0.1, -0.05) is 12.1 Å². The first-order chi connectivity index (χ1) is 8.65. The smallest absolute Gasteiger partial charge is 0.0593 e. The molecule has 0 atom stereocenters. The van der Waals surface area contributed by atoms with E-state index in [0.29, 0.717) is 0 Å². The lowest BCUT2D eigenvalue weighted by Gasteiger charge is -2.17. The van der Waals surface area contributed by atoms with Gasteiger partial charge in [-0.05, 0) is 49.9 Å². The number of anilines is 1. The molecule has 18 heavy (non-hydrogen) atoms. The molecule has 1 aromatic carbocycles. The molecule has 3 nitrogen and oxygen atoms in total. The first kappa shape index (κ1) is 13.4. The zero-order chi connectivity index (χ0) is 13.0. The van der Waals surface area contributed by atoms with Gasteiger partial charge in [0.1, 0.15) is 0 Å². The van der Waals surface area contributed by atoms with Gasteiger partial charge in [0.15, 0.2) is 0 Å². The van der Waals surface area contributed by atoms with E-state index >= 15 is 0 Å². The molecule has 0 spiro atoms. The minimum atomic E-state index is 0.834. The van der Waals surface area contributed by atoms with Gasteiger partial charge in [-0.3, -0.25) is 4.90 Å². The van der Waals surface area contributed by atoms with Gasteiger partial charge in [0.25, 0.3) is 0 Å². The lowest BCUT2D eigenvalue weighted by atomic mass is 10.1. The summed E-state index contributed by atoms with van der Waals surface area (Å²) in [7, 11) is 2.13. The Kier molecular flexibility index (Phi) is 4.61. The molecule has 0 unspecified atom stereocenters. The van der Waals surface area contributed by atoms with E-state index in [9.17, 15) is 0 Å². The van der Waals surface area contributed by atoms with E-state index in [2.05, 4.69) is 31.0 Å². The standard InChI is InChI=1S/C15H24N2O/c1-12-9-14(5-6-15(12)16)10-17(2)7-8-18-11-13-3-4-13/h5-6,9,13H,3-4,7-8,10-11,16H2,1-2H3. The van der Waals surface area contributed by atoms with Crippen LogP contribution >= 0.6 is 0 Å². The SMILES string of the molecule is Cc1cc(CN(C)CCOCC2CC2)ccc1N. The van der Waals surface area contributed by atoms with Crippen molar-refractivity contribution in [1.82, 2.24) is 4.90 Å². The van der Waals surface area contributed by atoms with Crippen molar-refractivity contribution in [2.24, 2.45) is 5.92 Å². The first-order valence-corrected chi connectivity index (χ1v) is 6.76. The van der Waals surface area contributed by atoms with Crippen molar-refractivity contribution in [3.8, 4) is 0 Å². The first-order valence-electron chi connectivity index (χ1n) is 6.76. The number of rotatable bonds is 7. The fourth-order valence-electron chi connectivity index (χ4n) is 1.98. The Hall–Kier alpha value is -1.06. The molecular formula is C15H24N2O. The molecule has 3 heteroatoms. The monoisotopic (exact) mass is 248 g/mol. The number of aryl methyl sites for hydroxylation is 1. The molecule has 1 saturated carbocycles. The molecule has 0 radical (unpaired) electrons. The number of benzene rings is 1. The summed E-state index contributed by atoms with van der Waals surface area (Å²) < 4.78 is 5.65. The number of hydrogen-bond acceptors (Lipinski definition) is 3. The van der Waals surface area contributed by atoms with Crippen molar-refractivity contribution in [3.05, 3.63) is 29.3 Å². The average molecular weight is 248 g/mol. The Bertz CT molecular complexity index is 388. The second-order valence-electron chi connectivity index (χ2n) is 5.45. The lowest BCUT2D eigenvalue weighted by Crippen LogP contribution is -2.23. The Balaban J connectivity index is 1.68. The Morgan fingerprint density at radius 1 is 1.39 bits per heavy atom. The molecule has 0 heterocycles. The average Bonchev–Trinajstić information content (AvgIpc) is 3.14. The summed E-state index contributed by atoms with van der Waals surface area (Å²) in [6.07, 6.45) is 2.72. The van der Waals surface area contributed by atoms with Crippen molar-refractivity contribution in [2.75, 3.05) is 32.5 Å². The van der Waals surface area contributed by atoms with Crippen LogP contribution in [0.2, 0.25) is 0 Å². The van der Waals surface area contributed by atoms with Crippen molar-refractivity contribution in [3.63, 3.8) is 0 Å². The van der Waals surface area contributed by atoms with Gasteiger partial charge in [0.2, 0.25) is 0 Å². The number of nitrogens with two attached hydrogens (primary N) is 1. The molecule has 0 amide bonds. The third kappa shape index (κ3) is 4.31. The van der Waals surface area contributed by atoms with E-state index in [-0.39, 0.29) is 0 Å². The molecule has 0 aromatic heterocycles. The van der Waals surface area contributed by atoms with E-state index in [1.54, 1.807) is 0 Å². The van der Waals surface area contributed by atoms with Crippen LogP contribution in [0.15, 0.2) is 18.2 Å². The van der Waals surface area contributed by atoms with Crippen LogP contribution in [0.3, 0.4) is 0 Å². The van der Waals surface area contributed by atoms with Crippen LogP contribution in [0.5, 0.6) is 0 Å². The summed E-state index contributed by atoms with van der Waals surface area (Å²) in [6.45, 7) is 5.78. The molecular weight excluding hydrogens is 224 g/mol. The predicted molar refractivity (Wildman–Crippen MR) is 75.5 cm³/mol.